The Morgan fingerprint density at radius 2 is 2.05 bits per heavy atom. The van der Waals surface area contributed by atoms with Crippen LogP contribution in [0.15, 0.2) is 17.3 Å². The Hall–Kier alpha value is -2.18. The number of carbonyl (C=O) groups excluding carboxylic acids is 1. The van der Waals surface area contributed by atoms with E-state index in [1.54, 1.807) is 25.5 Å². The fourth-order valence-electron chi connectivity index (χ4n) is 1.78. The number of rotatable bonds is 3. The maximum atomic E-state index is 12.3. The normalized spacial score (nSPS) is 12.1. The van der Waals surface area contributed by atoms with Crippen molar-refractivity contribution in [2.24, 2.45) is 5.41 Å². The third-order valence-corrected chi connectivity index (χ3v) is 3.02. The molecule has 0 spiro atoms. The summed E-state index contributed by atoms with van der Waals surface area (Å²) in [7, 11) is 0. The summed E-state index contributed by atoms with van der Waals surface area (Å²) < 4.78 is 8.08. The van der Waals surface area contributed by atoms with E-state index in [4.69, 9.17) is 4.74 Å². The maximum absolute atomic E-state index is 12.3. The second-order valence-corrected chi connectivity index (χ2v) is 6.25. The van der Waals surface area contributed by atoms with Crippen LogP contribution in [0.25, 0.3) is 11.0 Å². The third-order valence-electron chi connectivity index (χ3n) is 3.02. The number of aromatic nitrogens is 4. The summed E-state index contributed by atoms with van der Waals surface area (Å²) in [5.74, 6) is -0.368. The molecule has 0 saturated heterocycles. The molecule has 7 heteroatoms. The molecular weight excluding hydrogens is 272 g/mol. The number of nitrogens with zero attached hydrogens (tertiary/aromatic N) is 4. The lowest BCUT2D eigenvalue weighted by Crippen LogP contribution is -2.28. The van der Waals surface area contributed by atoms with Crippen LogP contribution in [0.3, 0.4) is 0 Å². The van der Waals surface area contributed by atoms with Crippen LogP contribution in [0.2, 0.25) is 0 Å². The Bertz CT molecular complexity index is 722. The molecule has 0 N–H and O–H groups in total. The van der Waals surface area contributed by atoms with Gasteiger partial charge in [0.1, 0.15) is 11.7 Å². The molecular formula is C14H20N4O3. The van der Waals surface area contributed by atoms with Crippen molar-refractivity contribution in [1.29, 1.82) is 0 Å². The summed E-state index contributed by atoms with van der Waals surface area (Å²) in [6.45, 7) is 9.05. The van der Waals surface area contributed by atoms with Crippen LogP contribution in [0.5, 0.6) is 0 Å². The molecule has 0 radical (unpaired) electrons. The minimum atomic E-state index is -0.607. The van der Waals surface area contributed by atoms with Crippen LogP contribution in [0, 0.1) is 5.41 Å². The lowest BCUT2D eigenvalue weighted by molar-refractivity contribution is -0.157. The van der Waals surface area contributed by atoms with Crippen molar-refractivity contribution in [2.75, 3.05) is 0 Å². The van der Waals surface area contributed by atoms with Crippen LogP contribution in [0.1, 0.15) is 40.7 Å². The zero-order chi connectivity index (χ0) is 15.8. The quantitative estimate of drug-likeness (QED) is 0.805. The van der Waals surface area contributed by atoms with Crippen molar-refractivity contribution >= 4 is 17.0 Å². The number of fused-ring (bicyclic) bond motifs is 1. The van der Waals surface area contributed by atoms with Crippen molar-refractivity contribution in [2.45, 2.75) is 47.4 Å². The molecule has 0 aliphatic rings. The van der Waals surface area contributed by atoms with E-state index < -0.39 is 5.41 Å². The van der Waals surface area contributed by atoms with Crippen LogP contribution >= 0.6 is 0 Å². The van der Waals surface area contributed by atoms with E-state index in [1.165, 1.54) is 17.1 Å². The number of ether oxygens (including phenoxy) is 1. The van der Waals surface area contributed by atoms with Gasteiger partial charge in [0.2, 0.25) is 0 Å². The number of hydrogen-bond donors (Lipinski definition) is 0. The fourth-order valence-corrected chi connectivity index (χ4v) is 1.78. The molecule has 0 atom stereocenters. The number of esters is 1. The highest BCUT2D eigenvalue weighted by Crippen LogP contribution is 2.15. The Morgan fingerprint density at radius 1 is 1.38 bits per heavy atom. The van der Waals surface area contributed by atoms with Gasteiger partial charge in [-0.2, -0.15) is 5.10 Å². The predicted molar refractivity (Wildman–Crippen MR) is 77.7 cm³/mol. The highest BCUT2D eigenvalue weighted by Gasteiger charge is 2.23. The molecule has 0 amide bonds. The fraction of sp³-hybridized carbons (Fsp3) is 0.571. The second kappa shape index (κ2) is 5.31. The van der Waals surface area contributed by atoms with Gasteiger partial charge in [-0.15, -0.1) is 0 Å². The molecule has 2 aromatic rings. The van der Waals surface area contributed by atoms with Crippen molar-refractivity contribution in [1.82, 2.24) is 19.3 Å². The van der Waals surface area contributed by atoms with Crippen LogP contribution < -0.4 is 5.56 Å². The van der Waals surface area contributed by atoms with Crippen LogP contribution in [-0.2, 0) is 16.3 Å². The van der Waals surface area contributed by atoms with E-state index in [9.17, 15) is 9.59 Å². The number of carbonyl (C=O) groups is 1. The van der Waals surface area contributed by atoms with Gasteiger partial charge in [0.05, 0.1) is 11.6 Å². The van der Waals surface area contributed by atoms with Gasteiger partial charge in [-0.05, 0) is 34.6 Å². The monoisotopic (exact) mass is 292 g/mol. The molecule has 2 aromatic heterocycles. The first-order valence-corrected chi connectivity index (χ1v) is 6.81. The third kappa shape index (κ3) is 2.96. The summed E-state index contributed by atoms with van der Waals surface area (Å²) in [6.07, 6.45) is 2.87. The lowest BCUT2D eigenvalue weighted by Gasteiger charge is -2.16. The SMILES string of the molecule is CC(C)n1ncc2c(=O)n(COC(=O)C(C)(C)C)cnc21. The first kappa shape index (κ1) is 15.2. The molecule has 0 aliphatic carbocycles. The molecule has 114 valence electrons. The average Bonchev–Trinajstić information content (AvgIpc) is 2.81. The molecule has 2 heterocycles. The van der Waals surface area contributed by atoms with Gasteiger partial charge in [0, 0.05) is 6.04 Å². The molecule has 2 rings (SSSR count). The standard InChI is InChI=1S/C14H20N4O3/c1-9(2)18-11-10(6-16-18)12(19)17(7-15-11)8-21-13(20)14(3,4)5/h6-7,9H,8H2,1-5H3. The maximum Gasteiger partial charge on any atom is 0.312 e. The summed E-state index contributed by atoms with van der Waals surface area (Å²) in [4.78, 5) is 28.3. The van der Waals surface area contributed by atoms with E-state index >= 15 is 0 Å². The van der Waals surface area contributed by atoms with E-state index in [1.807, 2.05) is 13.8 Å². The second-order valence-electron chi connectivity index (χ2n) is 6.25. The summed E-state index contributed by atoms with van der Waals surface area (Å²) in [5.41, 5.74) is -0.342. The van der Waals surface area contributed by atoms with Crippen molar-refractivity contribution in [3.63, 3.8) is 0 Å². The zero-order valence-electron chi connectivity index (χ0n) is 13.0. The Labute approximate surface area is 122 Å². The van der Waals surface area contributed by atoms with Gasteiger partial charge in [-0.1, -0.05) is 0 Å². The molecule has 21 heavy (non-hydrogen) atoms. The first-order chi connectivity index (χ1) is 9.71. The highest BCUT2D eigenvalue weighted by molar-refractivity contribution is 5.75. The molecule has 0 bridgehead atoms. The van der Waals surface area contributed by atoms with E-state index in [0.717, 1.165) is 0 Å². The largest absolute Gasteiger partial charge is 0.443 e. The summed E-state index contributed by atoms with van der Waals surface area (Å²) >= 11 is 0. The average molecular weight is 292 g/mol. The Balaban J connectivity index is 2.29. The van der Waals surface area contributed by atoms with Gasteiger partial charge in [-0.25, -0.2) is 9.67 Å². The number of hydrogen-bond acceptors (Lipinski definition) is 5. The summed E-state index contributed by atoms with van der Waals surface area (Å²) in [5, 5.41) is 4.58. The Morgan fingerprint density at radius 3 is 2.62 bits per heavy atom. The molecule has 0 saturated carbocycles. The smallest absolute Gasteiger partial charge is 0.312 e. The summed E-state index contributed by atoms with van der Waals surface area (Å²) in [6, 6.07) is 0.115. The van der Waals surface area contributed by atoms with Crippen molar-refractivity contribution < 1.29 is 9.53 Å². The first-order valence-electron chi connectivity index (χ1n) is 6.81. The molecule has 7 nitrogen and oxygen atoms in total. The minimum absolute atomic E-state index is 0.115. The van der Waals surface area contributed by atoms with Gasteiger partial charge in [0.25, 0.3) is 5.56 Å². The van der Waals surface area contributed by atoms with Crippen LogP contribution in [-0.4, -0.2) is 25.3 Å². The van der Waals surface area contributed by atoms with Gasteiger partial charge < -0.3 is 4.74 Å². The van der Waals surface area contributed by atoms with Gasteiger partial charge in [-0.3, -0.25) is 14.2 Å². The minimum Gasteiger partial charge on any atom is -0.443 e. The molecule has 0 aliphatic heterocycles. The topological polar surface area (TPSA) is 79.0 Å². The van der Waals surface area contributed by atoms with E-state index in [-0.39, 0.29) is 24.3 Å². The van der Waals surface area contributed by atoms with E-state index in [0.29, 0.717) is 11.0 Å². The molecule has 0 unspecified atom stereocenters. The van der Waals surface area contributed by atoms with Gasteiger partial charge >= 0.3 is 5.97 Å². The lowest BCUT2D eigenvalue weighted by atomic mass is 9.98. The Kier molecular flexibility index (Phi) is 3.85. The predicted octanol–water partition coefficient (Wildman–Crippen LogP) is 1.72. The highest BCUT2D eigenvalue weighted by atomic mass is 16.5. The van der Waals surface area contributed by atoms with E-state index in [2.05, 4.69) is 10.1 Å². The van der Waals surface area contributed by atoms with Crippen molar-refractivity contribution in [3.8, 4) is 0 Å². The zero-order valence-corrected chi connectivity index (χ0v) is 13.0. The van der Waals surface area contributed by atoms with Gasteiger partial charge in [0.15, 0.2) is 12.4 Å². The molecule has 0 aromatic carbocycles. The van der Waals surface area contributed by atoms with Crippen LogP contribution in [0.4, 0.5) is 0 Å². The van der Waals surface area contributed by atoms with Crippen molar-refractivity contribution in [3.05, 3.63) is 22.9 Å². The molecule has 0 fully saturated rings.